The molecule has 0 amide bonds. The first kappa shape index (κ1) is 22.2. The van der Waals surface area contributed by atoms with E-state index < -0.39 is 17.3 Å². The largest absolute Gasteiger partial charge is 0.416 e. The van der Waals surface area contributed by atoms with Gasteiger partial charge in [-0.2, -0.15) is 13.2 Å². The van der Waals surface area contributed by atoms with Crippen LogP contribution < -0.4 is 0 Å². The number of alkyl halides is 3. The minimum Gasteiger partial charge on any atom is -0.385 e. The fourth-order valence-corrected chi connectivity index (χ4v) is 4.84. The van der Waals surface area contributed by atoms with E-state index in [1.807, 2.05) is 12.1 Å². The average Bonchev–Trinajstić information content (AvgIpc) is 2.76. The second-order valence-electron chi connectivity index (χ2n) is 8.78. The maximum Gasteiger partial charge on any atom is 0.416 e. The first-order chi connectivity index (χ1) is 14.7. The number of piperazine rings is 1. The molecular weight excluding hydrogens is 408 g/mol. The van der Waals surface area contributed by atoms with Crippen molar-refractivity contribution < 1.29 is 22.7 Å². The highest BCUT2D eigenvalue weighted by Crippen LogP contribution is 2.40. The number of hydrogen-bond acceptors (Lipinski definition) is 3. The second kappa shape index (κ2) is 8.88. The summed E-state index contributed by atoms with van der Waals surface area (Å²) in [6.07, 6.45) is -1.60. The Hall–Kier alpha value is -1.96. The Morgan fingerprint density at radius 1 is 0.871 bits per heavy atom. The van der Waals surface area contributed by atoms with Gasteiger partial charge in [-0.25, -0.2) is 4.39 Å². The monoisotopic (exact) mass is 436 g/mol. The van der Waals surface area contributed by atoms with Gasteiger partial charge in [-0.05, 0) is 61.1 Å². The van der Waals surface area contributed by atoms with Crippen LogP contribution in [0.5, 0.6) is 0 Å². The minimum atomic E-state index is -4.36. The summed E-state index contributed by atoms with van der Waals surface area (Å²) in [5.41, 5.74) is -0.0605. The molecule has 2 aliphatic rings. The van der Waals surface area contributed by atoms with Crippen molar-refractivity contribution >= 4 is 0 Å². The Morgan fingerprint density at radius 3 is 2.00 bits per heavy atom. The molecule has 1 saturated heterocycles. The Kier molecular flexibility index (Phi) is 6.37. The molecule has 1 aliphatic carbocycles. The first-order valence-corrected chi connectivity index (χ1v) is 10.8. The normalized spacial score (nSPS) is 26.2. The van der Waals surface area contributed by atoms with E-state index in [2.05, 4.69) is 9.80 Å². The Morgan fingerprint density at radius 2 is 1.45 bits per heavy atom. The summed E-state index contributed by atoms with van der Waals surface area (Å²) >= 11 is 0. The Labute approximate surface area is 180 Å². The lowest BCUT2D eigenvalue weighted by atomic mass is 9.77. The van der Waals surface area contributed by atoms with Crippen LogP contribution in [0.3, 0.4) is 0 Å². The van der Waals surface area contributed by atoms with Crippen LogP contribution >= 0.6 is 0 Å². The fraction of sp³-hybridized carbons (Fsp3) is 0.500. The van der Waals surface area contributed by atoms with Gasteiger partial charge in [0.05, 0.1) is 11.2 Å². The fourth-order valence-electron chi connectivity index (χ4n) is 4.84. The maximum atomic E-state index is 13.1. The zero-order chi connectivity index (χ0) is 22.1. The standard InChI is InChI=1S/C24H28F4N2O/c25-21-7-1-18(2-8-21)17-29-13-15-30(16-14-29)22-9-11-23(31,12-10-22)19-3-5-20(6-4-19)24(26,27)28/h1-8,22,31H,9-17H2. The second-order valence-corrected chi connectivity index (χ2v) is 8.78. The van der Waals surface area contributed by atoms with Crippen molar-refractivity contribution in [1.82, 2.24) is 9.80 Å². The molecule has 0 unspecified atom stereocenters. The van der Waals surface area contributed by atoms with Gasteiger partial charge >= 0.3 is 6.18 Å². The van der Waals surface area contributed by atoms with Gasteiger partial charge in [0.2, 0.25) is 0 Å². The molecule has 0 radical (unpaired) electrons. The van der Waals surface area contributed by atoms with Crippen molar-refractivity contribution in [3.8, 4) is 0 Å². The topological polar surface area (TPSA) is 26.7 Å². The van der Waals surface area contributed by atoms with Crippen LogP contribution in [0, 0.1) is 5.82 Å². The number of rotatable bonds is 4. The van der Waals surface area contributed by atoms with E-state index in [-0.39, 0.29) is 5.82 Å². The zero-order valence-corrected chi connectivity index (χ0v) is 17.4. The van der Waals surface area contributed by atoms with Gasteiger partial charge in [0.15, 0.2) is 0 Å². The summed E-state index contributed by atoms with van der Waals surface area (Å²) < 4.78 is 51.4. The third-order valence-corrected chi connectivity index (χ3v) is 6.77. The van der Waals surface area contributed by atoms with E-state index in [0.717, 1.165) is 63.3 Å². The lowest BCUT2D eigenvalue weighted by Crippen LogP contribution is -2.51. The van der Waals surface area contributed by atoms with E-state index in [1.165, 1.54) is 24.3 Å². The Bertz CT molecular complexity index is 851. The van der Waals surface area contributed by atoms with Crippen LogP contribution in [0.25, 0.3) is 0 Å². The van der Waals surface area contributed by atoms with Crippen molar-refractivity contribution in [2.75, 3.05) is 26.2 Å². The lowest BCUT2D eigenvalue weighted by Gasteiger charge is -2.44. The zero-order valence-electron chi connectivity index (χ0n) is 17.4. The van der Waals surface area contributed by atoms with Crippen molar-refractivity contribution in [2.45, 2.75) is 50.0 Å². The van der Waals surface area contributed by atoms with Gasteiger partial charge in [-0.3, -0.25) is 9.80 Å². The van der Waals surface area contributed by atoms with Crippen LogP contribution in [-0.4, -0.2) is 47.1 Å². The molecule has 168 valence electrons. The maximum absolute atomic E-state index is 13.1. The van der Waals surface area contributed by atoms with Gasteiger partial charge in [-0.1, -0.05) is 24.3 Å². The molecule has 1 N–H and O–H groups in total. The Balaban J connectivity index is 1.27. The van der Waals surface area contributed by atoms with Crippen molar-refractivity contribution in [3.05, 3.63) is 71.0 Å². The summed E-state index contributed by atoms with van der Waals surface area (Å²) in [7, 11) is 0. The lowest BCUT2D eigenvalue weighted by molar-refractivity contribution is -0.137. The third-order valence-electron chi connectivity index (χ3n) is 6.77. The molecular formula is C24H28F4N2O. The van der Waals surface area contributed by atoms with Crippen LogP contribution in [0.4, 0.5) is 17.6 Å². The highest BCUT2D eigenvalue weighted by atomic mass is 19.4. The predicted molar refractivity (Wildman–Crippen MR) is 111 cm³/mol. The van der Waals surface area contributed by atoms with E-state index in [4.69, 9.17) is 0 Å². The smallest absolute Gasteiger partial charge is 0.385 e. The number of aliphatic hydroxyl groups is 1. The number of hydrogen-bond donors (Lipinski definition) is 1. The minimum absolute atomic E-state index is 0.220. The molecule has 2 aromatic carbocycles. The highest BCUT2D eigenvalue weighted by Gasteiger charge is 2.38. The molecule has 0 atom stereocenters. The first-order valence-electron chi connectivity index (χ1n) is 10.8. The molecule has 2 fully saturated rings. The molecule has 1 saturated carbocycles. The number of benzene rings is 2. The SMILES string of the molecule is OC1(c2ccc(C(F)(F)F)cc2)CCC(N2CCN(Cc3ccc(F)cc3)CC2)CC1. The summed E-state index contributed by atoms with van der Waals surface area (Å²) in [5.74, 6) is -0.220. The van der Waals surface area contributed by atoms with E-state index in [0.29, 0.717) is 24.4 Å². The molecule has 1 aliphatic heterocycles. The average molecular weight is 436 g/mol. The number of nitrogens with zero attached hydrogens (tertiary/aromatic N) is 2. The summed E-state index contributed by atoms with van der Waals surface area (Å²) in [6, 6.07) is 12.0. The van der Waals surface area contributed by atoms with Gasteiger partial charge in [0.1, 0.15) is 5.82 Å². The highest BCUT2D eigenvalue weighted by molar-refractivity contribution is 5.29. The van der Waals surface area contributed by atoms with Gasteiger partial charge in [0, 0.05) is 38.8 Å². The third kappa shape index (κ3) is 5.27. The van der Waals surface area contributed by atoms with Gasteiger partial charge in [0.25, 0.3) is 0 Å². The van der Waals surface area contributed by atoms with Crippen LogP contribution in [-0.2, 0) is 18.3 Å². The van der Waals surface area contributed by atoms with Crippen molar-refractivity contribution in [3.63, 3.8) is 0 Å². The molecule has 4 rings (SSSR count). The quantitative estimate of drug-likeness (QED) is 0.698. The van der Waals surface area contributed by atoms with E-state index >= 15 is 0 Å². The van der Waals surface area contributed by atoms with Crippen LogP contribution in [0.1, 0.15) is 42.4 Å². The van der Waals surface area contributed by atoms with E-state index in [1.54, 1.807) is 0 Å². The van der Waals surface area contributed by atoms with E-state index in [9.17, 15) is 22.7 Å². The summed E-state index contributed by atoms with van der Waals surface area (Å²) in [6.45, 7) is 4.59. The molecule has 0 bridgehead atoms. The van der Waals surface area contributed by atoms with Crippen LogP contribution in [0.2, 0.25) is 0 Å². The molecule has 1 heterocycles. The summed E-state index contributed by atoms with van der Waals surface area (Å²) in [4.78, 5) is 4.83. The molecule has 3 nitrogen and oxygen atoms in total. The van der Waals surface area contributed by atoms with Crippen molar-refractivity contribution in [1.29, 1.82) is 0 Å². The van der Waals surface area contributed by atoms with Gasteiger partial charge in [-0.15, -0.1) is 0 Å². The van der Waals surface area contributed by atoms with Crippen molar-refractivity contribution in [2.24, 2.45) is 0 Å². The molecule has 7 heteroatoms. The number of halogens is 4. The molecule has 0 aromatic heterocycles. The van der Waals surface area contributed by atoms with Gasteiger partial charge < -0.3 is 5.11 Å². The van der Waals surface area contributed by atoms with Crippen LogP contribution in [0.15, 0.2) is 48.5 Å². The molecule has 31 heavy (non-hydrogen) atoms. The summed E-state index contributed by atoms with van der Waals surface area (Å²) in [5, 5.41) is 11.0. The molecule has 2 aromatic rings. The molecule has 0 spiro atoms. The predicted octanol–water partition coefficient (Wildman–Crippen LogP) is 4.79.